The van der Waals surface area contributed by atoms with Crippen molar-refractivity contribution in [2.24, 2.45) is 0 Å². The number of halogens is 4. The van der Waals surface area contributed by atoms with Crippen molar-refractivity contribution in [3.8, 4) is 22.6 Å². The lowest BCUT2D eigenvalue weighted by Gasteiger charge is -2.21. The Morgan fingerprint density at radius 3 is 2.49 bits per heavy atom. The number of aliphatic hydroxyl groups is 1. The predicted octanol–water partition coefficient (Wildman–Crippen LogP) is 5.01. The first kappa shape index (κ1) is 24.5. The molecule has 0 radical (unpaired) electrons. The molecule has 0 fully saturated rings. The Balaban J connectivity index is 1.61. The molecule has 1 unspecified atom stereocenters. The van der Waals surface area contributed by atoms with Crippen LogP contribution in [0.5, 0.6) is 11.5 Å². The van der Waals surface area contributed by atoms with Gasteiger partial charge in [0.25, 0.3) is 5.91 Å². The fourth-order valence-corrected chi connectivity index (χ4v) is 3.89. The Labute approximate surface area is 199 Å². The largest absolute Gasteiger partial charge is 0.490 e. The molecule has 1 aliphatic heterocycles. The molecule has 3 aromatic carbocycles. The molecule has 0 aliphatic carbocycles. The molecule has 0 spiro atoms. The number of fused-ring (bicyclic) bond motifs is 1. The molecule has 2 N–H and O–H groups in total. The van der Waals surface area contributed by atoms with Crippen LogP contribution >= 0.6 is 0 Å². The van der Waals surface area contributed by atoms with E-state index in [0.717, 1.165) is 24.3 Å². The first-order valence-corrected chi connectivity index (χ1v) is 11.0. The lowest BCUT2D eigenvalue weighted by molar-refractivity contribution is -0.137. The highest BCUT2D eigenvalue weighted by molar-refractivity contribution is 5.98. The van der Waals surface area contributed by atoms with Crippen molar-refractivity contribution >= 4 is 5.91 Å². The molecule has 0 bridgehead atoms. The number of hydrogen-bond donors (Lipinski definition) is 2. The summed E-state index contributed by atoms with van der Waals surface area (Å²) in [6.07, 6.45) is -3.86. The number of alkyl halides is 3. The fourth-order valence-electron chi connectivity index (χ4n) is 3.89. The number of hydrogen-bond acceptors (Lipinski definition) is 4. The highest BCUT2D eigenvalue weighted by atomic mass is 19.4. The van der Waals surface area contributed by atoms with Gasteiger partial charge >= 0.3 is 6.18 Å². The lowest BCUT2D eigenvalue weighted by Crippen LogP contribution is -2.39. The first-order valence-electron chi connectivity index (χ1n) is 11.0. The van der Waals surface area contributed by atoms with Gasteiger partial charge in [-0.3, -0.25) is 4.79 Å². The smallest absolute Gasteiger partial charge is 0.416 e. The molecule has 0 aromatic heterocycles. The zero-order valence-corrected chi connectivity index (χ0v) is 18.6. The van der Waals surface area contributed by atoms with Crippen LogP contribution in [0.15, 0.2) is 60.7 Å². The van der Waals surface area contributed by atoms with Crippen molar-refractivity contribution < 1.29 is 36.9 Å². The van der Waals surface area contributed by atoms with Gasteiger partial charge in [0.1, 0.15) is 5.82 Å². The minimum absolute atomic E-state index is 0.0411. The normalized spacial score (nSPS) is 14.2. The summed E-state index contributed by atoms with van der Waals surface area (Å²) in [7, 11) is 0. The second-order valence-electron chi connectivity index (χ2n) is 8.12. The van der Waals surface area contributed by atoms with Gasteiger partial charge < -0.3 is 19.9 Å². The SMILES string of the molecule is O=C(NC(CO)Cc1ccc(C(F)(F)F)cc1-c1ccc(F)cc1)c1cccc2c1OCCCO2. The number of carbonyl (C=O) groups excluding carboxylic acids is 1. The van der Waals surface area contributed by atoms with Gasteiger partial charge in [-0.15, -0.1) is 0 Å². The Kier molecular flexibility index (Phi) is 7.25. The summed E-state index contributed by atoms with van der Waals surface area (Å²) in [5.41, 5.74) is 0.450. The Morgan fingerprint density at radius 2 is 1.77 bits per heavy atom. The van der Waals surface area contributed by atoms with Gasteiger partial charge in [-0.1, -0.05) is 24.3 Å². The molecule has 5 nitrogen and oxygen atoms in total. The van der Waals surface area contributed by atoms with Crippen molar-refractivity contribution in [1.29, 1.82) is 0 Å². The van der Waals surface area contributed by atoms with Crippen LogP contribution in [-0.2, 0) is 12.6 Å². The summed E-state index contributed by atoms with van der Waals surface area (Å²) in [5, 5.41) is 12.7. The predicted molar refractivity (Wildman–Crippen MR) is 121 cm³/mol. The Bertz CT molecular complexity index is 1190. The Hall–Kier alpha value is -3.59. The van der Waals surface area contributed by atoms with E-state index in [-0.39, 0.29) is 17.5 Å². The van der Waals surface area contributed by atoms with Crippen molar-refractivity contribution in [2.75, 3.05) is 19.8 Å². The summed E-state index contributed by atoms with van der Waals surface area (Å²) in [4.78, 5) is 13.0. The van der Waals surface area contributed by atoms with E-state index in [9.17, 15) is 27.5 Å². The molecule has 9 heteroatoms. The average Bonchev–Trinajstić information content (AvgIpc) is 3.09. The lowest BCUT2D eigenvalue weighted by atomic mass is 9.93. The third kappa shape index (κ3) is 5.74. The highest BCUT2D eigenvalue weighted by Crippen LogP contribution is 2.35. The van der Waals surface area contributed by atoms with Gasteiger partial charge in [0, 0.05) is 6.42 Å². The summed E-state index contributed by atoms with van der Waals surface area (Å²) in [6, 6.07) is 12.4. The topological polar surface area (TPSA) is 67.8 Å². The molecule has 4 rings (SSSR count). The van der Waals surface area contributed by atoms with E-state index in [4.69, 9.17) is 9.47 Å². The van der Waals surface area contributed by atoms with E-state index >= 15 is 0 Å². The minimum Gasteiger partial charge on any atom is -0.490 e. The average molecular weight is 489 g/mol. The number of para-hydroxylation sites is 1. The second-order valence-corrected chi connectivity index (χ2v) is 8.12. The van der Waals surface area contributed by atoms with Gasteiger partial charge in [0.2, 0.25) is 0 Å². The molecule has 1 heterocycles. The van der Waals surface area contributed by atoms with Crippen LogP contribution in [0, 0.1) is 5.82 Å². The fraction of sp³-hybridized carbons (Fsp3) is 0.269. The molecule has 3 aromatic rings. The van der Waals surface area contributed by atoms with Gasteiger partial charge in [-0.2, -0.15) is 13.2 Å². The third-order valence-corrected chi connectivity index (χ3v) is 5.63. The molecule has 1 amide bonds. The quantitative estimate of drug-likeness (QED) is 0.478. The van der Waals surface area contributed by atoms with Crippen LogP contribution in [-0.4, -0.2) is 36.9 Å². The summed E-state index contributed by atoms with van der Waals surface area (Å²) in [6.45, 7) is 0.382. The maximum absolute atomic E-state index is 13.4. The number of ether oxygens (including phenoxy) is 2. The van der Waals surface area contributed by atoms with E-state index < -0.39 is 36.1 Å². The number of rotatable bonds is 6. The van der Waals surface area contributed by atoms with Gasteiger partial charge in [0.05, 0.1) is 37.0 Å². The first-order chi connectivity index (χ1) is 16.8. The third-order valence-electron chi connectivity index (χ3n) is 5.63. The molecule has 184 valence electrons. The van der Waals surface area contributed by atoms with Crippen molar-refractivity contribution in [3.05, 3.63) is 83.2 Å². The van der Waals surface area contributed by atoms with Crippen LogP contribution < -0.4 is 14.8 Å². The molecule has 35 heavy (non-hydrogen) atoms. The van der Waals surface area contributed by atoms with E-state index in [1.54, 1.807) is 18.2 Å². The van der Waals surface area contributed by atoms with Crippen LogP contribution in [0.2, 0.25) is 0 Å². The molecule has 1 aliphatic rings. The number of amides is 1. The zero-order chi connectivity index (χ0) is 25.0. The molecular formula is C26H23F4NO4. The van der Waals surface area contributed by atoms with Crippen LogP contribution in [0.3, 0.4) is 0 Å². The second kappa shape index (κ2) is 10.4. The van der Waals surface area contributed by atoms with Crippen LogP contribution in [0.1, 0.15) is 27.9 Å². The van der Waals surface area contributed by atoms with Crippen molar-refractivity contribution in [3.63, 3.8) is 0 Å². The van der Waals surface area contributed by atoms with Crippen LogP contribution in [0.4, 0.5) is 17.6 Å². The monoisotopic (exact) mass is 489 g/mol. The van der Waals surface area contributed by atoms with E-state index in [1.807, 2.05) is 0 Å². The summed E-state index contributed by atoms with van der Waals surface area (Å²) >= 11 is 0. The van der Waals surface area contributed by atoms with E-state index in [1.165, 1.54) is 18.2 Å². The van der Waals surface area contributed by atoms with Gasteiger partial charge in [0.15, 0.2) is 11.5 Å². The standard InChI is InChI=1S/C26H23F4NO4/c27-19-9-6-16(7-10-19)22-14-18(26(28,29)30)8-5-17(22)13-20(15-32)31-25(33)21-3-1-4-23-24(21)35-12-2-11-34-23/h1,3-10,14,20,32H,2,11-13,15H2,(H,31,33). The zero-order valence-electron chi connectivity index (χ0n) is 18.6. The minimum atomic E-state index is -4.56. The van der Waals surface area contributed by atoms with Crippen molar-refractivity contribution in [2.45, 2.75) is 25.1 Å². The maximum Gasteiger partial charge on any atom is 0.416 e. The van der Waals surface area contributed by atoms with Crippen molar-refractivity contribution in [1.82, 2.24) is 5.32 Å². The number of aliphatic hydroxyl groups excluding tert-OH is 1. The molecule has 1 atom stereocenters. The summed E-state index contributed by atoms with van der Waals surface area (Å²) < 4.78 is 64.8. The van der Waals surface area contributed by atoms with E-state index in [0.29, 0.717) is 42.3 Å². The molecular weight excluding hydrogens is 466 g/mol. The summed E-state index contributed by atoms with van der Waals surface area (Å²) in [5.74, 6) is -0.282. The Morgan fingerprint density at radius 1 is 1.03 bits per heavy atom. The highest BCUT2D eigenvalue weighted by Gasteiger charge is 2.31. The maximum atomic E-state index is 13.4. The van der Waals surface area contributed by atoms with Crippen LogP contribution in [0.25, 0.3) is 11.1 Å². The number of benzene rings is 3. The molecule has 0 saturated carbocycles. The molecule has 0 saturated heterocycles. The number of nitrogens with one attached hydrogen (secondary N) is 1. The number of carbonyl (C=O) groups is 1. The van der Waals surface area contributed by atoms with E-state index in [2.05, 4.69) is 5.32 Å². The van der Waals surface area contributed by atoms with Gasteiger partial charge in [-0.05, 0) is 59.5 Å². The van der Waals surface area contributed by atoms with Gasteiger partial charge in [-0.25, -0.2) is 4.39 Å².